The molecule has 1 unspecified atom stereocenters. The SMILES string of the molecule is CC1(CN)CCN(C(=O)C2CCCCC2(C)C)CC1. The number of likely N-dealkylation sites (tertiary alicyclic amines) is 1. The van der Waals surface area contributed by atoms with E-state index < -0.39 is 0 Å². The first-order chi connectivity index (χ1) is 8.88. The second kappa shape index (κ2) is 5.43. The molecule has 0 aromatic heterocycles. The van der Waals surface area contributed by atoms with Gasteiger partial charge in [-0.05, 0) is 43.1 Å². The molecule has 3 heteroatoms. The lowest BCUT2D eigenvalue weighted by molar-refractivity contribution is -0.143. The van der Waals surface area contributed by atoms with E-state index in [-0.39, 0.29) is 16.7 Å². The van der Waals surface area contributed by atoms with E-state index in [0.717, 1.165) is 38.9 Å². The Morgan fingerprint density at radius 2 is 1.79 bits per heavy atom. The molecule has 19 heavy (non-hydrogen) atoms. The average molecular weight is 266 g/mol. The number of nitrogens with two attached hydrogens (primary N) is 1. The van der Waals surface area contributed by atoms with Gasteiger partial charge in [0, 0.05) is 19.0 Å². The van der Waals surface area contributed by atoms with Gasteiger partial charge in [0.1, 0.15) is 0 Å². The first-order valence-electron chi connectivity index (χ1n) is 7.87. The van der Waals surface area contributed by atoms with Gasteiger partial charge in [0.15, 0.2) is 0 Å². The van der Waals surface area contributed by atoms with Gasteiger partial charge in [-0.1, -0.05) is 33.6 Å². The van der Waals surface area contributed by atoms with E-state index >= 15 is 0 Å². The van der Waals surface area contributed by atoms with Gasteiger partial charge in [0.05, 0.1) is 0 Å². The molecule has 110 valence electrons. The Hall–Kier alpha value is -0.570. The minimum absolute atomic E-state index is 0.184. The van der Waals surface area contributed by atoms with E-state index in [4.69, 9.17) is 5.73 Å². The van der Waals surface area contributed by atoms with E-state index in [1.165, 1.54) is 19.3 Å². The highest BCUT2D eigenvalue weighted by atomic mass is 16.2. The maximum absolute atomic E-state index is 12.8. The lowest BCUT2D eigenvalue weighted by Crippen LogP contribution is -2.49. The van der Waals surface area contributed by atoms with Crippen LogP contribution < -0.4 is 5.73 Å². The topological polar surface area (TPSA) is 46.3 Å². The molecule has 0 radical (unpaired) electrons. The third-order valence-corrected chi connectivity index (χ3v) is 5.58. The van der Waals surface area contributed by atoms with E-state index in [9.17, 15) is 4.79 Å². The molecular weight excluding hydrogens is 236 g/mol. The summed E-state index contributed by atoms with van der Waals surface area (Å²) >= 11 is 0. The summed E-state index contributed by atoms with van der Waals surface area (Å²) in [6.45, 7) is 9.33. The predicted octanol–water partition coefficient (Wildman–Crippen LogP) is 2.79. The van der Waals surface area contributed by atoms with E-state index in [1.54, 1.807) is 0 Å². The Morgan fingerprint density at radius 3 is 2.32 bits per heavy atom. The van der Waals surface area contributed by atoms with Crippen molar-refractivity contribution in [1.29, 1.82) is 0 Å². The van der Waals surface area contributed by atoms with E-state index in [1.807, 2.05) is 0 Å². The normalized spacial score (nSPS) is 30.1. The zero-order valence-corrected chi connectivity index (χ0v) is 12.9. The Kier molecular flexibility index (Phi) is 4.24. The van der Waals surface area contributed by atoms with Crippen LogP contribution in [0.4, 0.5) is 0 Å². The second-order valence-electron chi connectivity index (χ2n) is 7.63. The van der Waals surface area contributed by atoms with Crippen molar-refractivity contribution in [2.75, 3.05) is 19.6 Å². The van der Waals surface area contributed by atoms with Crippen LogP contribution in [0.2, 0.25) is 0 Å². The molecule has 3 nitrogen and oxygen atoms in total. The van der Waals surface area contributed by atoms with Crippen molar-refractivity contribution < 1.29 is 4.79 Å². The number of hydrogen-bond acceptors (Lipinski definition) is 2. The molecule has 1 saturated heterocycles. The predicted molar refractivity (Wildman–Crippen MR) is 78.7 cm³/mol. The van der Waals surface area contributed by atoms with Crippen LogP contribution in [0.15, 0.2) is 0 Å². The van der Waals surface area contributed by atoms with Crippen LogP contribution in [0, 0.1) is 16.7 Å². The van der Waals surface area contributed by atoms with Crippen LogP contribution in [-0.2, 0) is 4.79 Å². The van der Waals surface area contributed by atoms with Crippen molar-refractivity contribution in [3.8, 4) is 0 Å². The average Bonchev–Trinajstić information content (AvgIpc) is 2.38. The van der Waals surface area contributed by atoms with Gasteiger partial charge in [0.2, 0.25) is 5.91 Å². The van der Waals surface area contributed by atoms with Crippen molar-refractivity contribution in [2.24, 2.45) is 22.5 Å². The van der Waals surface area contributed by atoms with Gasteiger partial charge >= 0.3 is 0 Å². The number of carbonyl (C=O) groups excluding carboxylic acids is 1. The smallest absolute Gasteiger partial charge is 0.226 e. The highest BCUT2D eigenvalue weighted by Crippen LogP contribution is 2.42. The summed E-state index contributed by atoms with van der Waals surface area (Å²) in [5.74, 6) is 0.646. The molecule has 2 aliphatic rings. The fourth-order valence-corrected chi connectivity index (χ4v) is 3.64. The van der Waals surface area contributed by atoms with Crippen LogP contribution in [0.25, 0.3) is 0 Å². The molecule has 1 aliphatic heterocycles. The molecule has 0 bridgehead atoms. The molecule has 2 fully saturated rings. The molecule has 2 rings (SSSR count). The van der Waals surface area contributed by atoms with E-state index in [0.29, 0.717) is 5.91 Å². The number of nitrogens with zero attached hydrogens (tertiary/aromatic N) is 1. The summed E-state index contributed by atoms with van der Waals surface area (Å²) in [4.78, 5) is 14.9. The Morgan fingerprint density at radius 1 is 1.16 bits per heavy atom. The highest BCUT2D eigenvalue weighted by Gasteiger charge is 2.40. The molecule has 0 aromatic carbocycles. The molecule has 0 spiro atoms. The molecule has 1 amide bonds. The van der Waals surface area contributed by atoms with Crippen molar-refractivity contribution in [2.45, 2.75) is 59.3 Å². The first kappa shape index (κ1) is 14.8. The fourth-order valence-electron chi connectivity index (χ4n) is 3.64. The van der Waals surface area contributed by atoms with Gasteiger partial charge in [-0.25, -0.2) is 0 Å². The molecule has 0 aromatic rings. The third-order valence-electron chi connectivity index (χ3n) is 5.58. The van der Waals surface area contributed by atoms with E-state index in [2.05, 4.69) is 25.7 Å². The van der Waals surface area contributed by atoms with Gasteiger partial charge in [-0.15, -0.1) is 0 Å². The maximum atomic E-state index is 12.8. The number of carbonyl (C=O) groups is 1. The zero-order valence-electron chi connectivity index (χ0n) is 12.9. The first-order valence-corrected chi connectivity index (χ1v) is 7.87. The van der Waals surface area contributed by atoms with Crippen LogP contribution in [0.1, 0.15) is 59.3 Å². The molecule has 2 N–H and O–H groups in total. The lowest BCUT2D eigenvalue weighted by atomic mass is 9.68. The van der Waals surface area contributed by atoms with Gasteiger partial charge < -0.3 is 10.6 Å². The van der Waals surface area contributed by atoms with Crippen LogP contribution in [0.3, 0.4) is 0 Å². The quantitative estimate of drug-likeness (QED) is 0.835. The Labute approximate surface area is 117 Å². The number of piperidine rings is 1. The summed E-state index contributed by atoms with van der Waals surface area (Å²) in [6.07, 6.45) is 6.88. The second-order valence-corrected chi connectivity index (χ2v) is 7.63. The standard InChI is InChI=1S/C16H30N2O/c1-15(2)7-5-4-6-13(15)14(19)18-10-8-16(3,12-17)9-11-18/h13H,4-12,17H2,1-3H3. The summed E-state index contributed by atoms with van der Waals surface area (Å²) in [5.41, 5.74) is 6.27. The number of hydrogen-bond donors (Lipinski definition) is 1. The Balaban J connectivity index is 1.97. The van der Waals surface area contributed by atoms with Crippen molar-refractivity contribution >= 4 is 5.91 Å². The summed E-state index contributed by atoms with van der Waals surface area (Å²) < 4.78 is 0. The number of rotatable bonds is 2. The summed E-state index contributed by atoms with van der Waals surface area (Å²) in [6, 6.07) is 0. The molecule has 1 heterocycles. The van der Waals surface area contributed by atoms with Crippen molar-refractivity contribution in [3.63, 3.8) is 0 Å². The molecular formula is C16H30N2O. The Bertz CT molecular complexity index is 330. The zero-order chi connectivity index (χ0) is 14.1. The lowest BCUT2D eigenvalue weighted by Gasteiger charge is -2.44. The third kappa shape index (κ3) is 3.13. The monoisotopic (exact) mass is 266 g/mol. The fraction of sp³-hybridized carbons (Fsp3) is 0.938. The maximum Gasteiger partial charge on any atom is 0.226 e. The number of amides is 1. The molecule has 1 aliphatic carbocycles. The van der Waals surface area contributed by atoms with Gasteiger partial charge in [-0.3, -0.25) is 4.79 Å². The highest BCUT2D eigenvalue weighted by molar-refractivity contribution is 5.79. The minimum atomic E-state index is 0.184. The van der Waals surface area contributed by atoms with Crippen molar-refractivity contribution in [1.82, 2.24) is 4.90 Å². The van der Waals surface area contributed by atoms with Gasteiger partial charge in [-0.2, -0.15) is 0 Å². The summed E-state index contributed by atoms with van der Waals surface area (Å²) in [7, 11) is 0. The molecule has 1 atom stereocenters. The van der Waals surface area contributed by atoms with Crippen LogP contribution in [0.5, 0.6) is 0 Å². The van der Waals surface area contributed by atoms with Crippen LogP contribution in [-0.4, -0.2) is 30.4 Å². The summed E-state index contributed by atoms with van der Waals surface area (Å²) in [5, 5.41) is 0. The molecule has 1 saturated carbocycles. The van der Waals surface area contributed by atoms with Gasteiger partial charge in [0.25, 0.3) is 0 Å². The van der Waals surface area contributed by atoms with Crippen LogP contribution >= 0.6 is 0 Å². The largest absolute Gasteiger partial charge is 0.342 e. The minimum Gasteiger partial charge on any atom is -0.342 e. The van der Waals surface area contributed by atoms with Crippen molar-refractivity contribution in [3.05, 3.63) is 0 Å².